The number of benzene rings is 3. The Morgan fingerprint density at radius 3 is 2.14 bits per heavy atom. The summed E-state index contributed by atoms with van der Waals surface area (Å²) in [5.74, 6) is -0.0713. The summed E-state index contributed by atoms with van der Waals surface area (Å²) in [6.45, 7) is 4.32. The summed E-state index contributed by atoms with van der Waals surface area (Å²) >= 11 is 0. The summed E-state index contributed by atoms with van der Waals surface area (Å²) in [5.41, 5.74) is 1.43. The zero-order valence-corrected chi connectivity index (χ0v) is 23.0. The van der Waals surface area contributed by atoms with Crippen LogP contribution >= 0.6 is 0 Å². The number of rotatable bonds is 13. The molecule has 5 rings (SSSR count). The minimum absolute atomic E-state index is 0.00133. The first kappa shape index (κ1) is 29.0. The van der Waals surface area contributed by atoms with Crippen molar-refractivity contribution in [2.75, 3.05) is 20.3 Å². The maximum absolute atomic E-state index is 13.6. The van der Waals surface area contributed by atoms with Crippen molar-refractivity contribution in [3.05, 3.63) is 108 Å². The van der Waals surface area contributed by atoms with Gasteiger partial charge in [0, 0.05) is 0 Å². The van der Waals surface area contributed by atoms with Gasteiger partial charge in [0.15, 0.2) is 6.10 Å². The molecule has 2 aliphatic heterocycles. The van der Waals surface area contributed by atoms with Crippen molar-refractivity contribution in [3.8, 4) is 11.5 Å². The van der Waals surface area contributed by atoms with Gasteiger partial charge in [0.05, 0.1) is 38.1 Å². The molecule has 42 heavy (non-hydrogen) atoms. The molecule has 0 unspecified atom stereocenters. The third-order valence-corrected chi connectivity index (χ3v) is 7.06. The topological polar surface area (TPSA) is 110 Å². The number of imide groups is 1. The molecule has 3 aromatic rings. The molecule has 0 N–H and O–H groups in total. The van der Waals surface area contributed by atoms with E-state index in [-0.39, 0.29) is 37.4 Å². The quantitative estimate of drug-likeness (QED) is 0.171. The van der Waals surface area contributed by atoms with Crippen molar-refractivity contribution in [1.82, 2.24) is 4.90 Å². The van der Waals surface area contributed by atoms with Crippen molar-refractivity contribution < 1.29 is 42.8 Å². The van der Waals surface area contributed by atoms with Crippen LogP contribution in [0.15, 0.2) is 91.5 Å². The molecule has 0 aliphatic carbocycles. The van der Waals surface area contributed by atoms with Crippen molar-refractivity contribution in [2.45, 2.75) is 37.3 Å². The third-order valence-electron chi connectivity index (χ3n) is 7.06. The van der Waals surface area contributed by atoms with E-state index in [2.05, 4.69) is 6.58 Å². The van der Waals surface area contributed by atoms with Crippen LogP contribution in [-0.2, 0) is 30.3 Å². The lowest BCUT2D eigenvalue weighted by Gasteiger charge is -2.47. The van der Waals surface area contributed by atoms with Crippen LogP contribution in [-0.4, -0.2) is 74.2 Å². The molecular weight excluding hydrogens is 542 g/mol. The van der Waals surface area contributed by atoms with E-state index in [4.69, 9.17) is 28.4 Å². The summed E-state index contributed by atoms with van der Waals surface area (Å²) in [7, 11) is 1.55. The first-order valence-corrected chi connectivity index (χ1v) is 13.4. The average Bonchev–Trinajstić information content (AvgIpc) is 3.27. The van der Waals surface area contributed by atoms with Crippen LogP contribution in [0.3, 0.4) is 0 Å². The zero-order valence-electron chi connectivity index (χ0n) is 23.0. The van der Waals surface area contributed by atoms with E-state index in [1.807, 2.05) is 30.3 Å². The van der Waals surface area contributed by atoms with E-state index in [1.165, 1.54) is 6.08 Å². The lowest BCUT2D eigenvalue weighted by molar-refractivity contribution is -0.266. The number of methoxy groups -OCH3 is 1. The summed E-state index contributed by atoms with van der Waals surface area (Å²) in [4.78, 5) is 40.1. The van der Waals surface area contributed by atoms with Gasteiger partial charge in [-0.2, -0.15) is 0 Å². The molecule has 0 saturated carbocycles. The van der Waals surface area contributed by atoms with Gasteiger partial charge in [-0.15, -0.1) is 6.58 Å². The number of hydrogen-bond donors (Lipinski definition) is 0. The molecular formula is C32H31NO9. The number of hydrogen-bond acceptors (Lipinski definition) is 9. The highest BCUT2D eigenvalue weighted by Gasteiger charge is 2.56. The average molecular weight is 574 g/mol. The van der Waals surface area contributed by atoms with Crippen LogP contribution in [0.1, 0.15) is 26.3 Å². The molecule has 0 radical (unpaired) electrons. The van der Waals surface area contributed by atoms with Gasteiger partial charge in [-0.05, 0) is 42.0 Å². The van der Waals surface area contributed by atoms with Gasteiger partial charge in [0.25, 0.3) is 18.3 Å². The lowest BCUT2D eigenvalue weighted by Crippen LogP contribution is -2.67. The number of amides is 2. The minimum Gasteiger partial charge on any atom is -0.497 e. The zero-order chi connectivity index (χ0) is 29.5. The molecule has 1 fully saturated rings. The van der Waals surface area contributed by atoms with Gasteiger partial charge < -0.3 is 28.4 Å². The van der Waals surface area contributed by atoms with E-state index in [1.54, 1.807) is 55.6 Å². The summed E-state index contributed by atoms with van der Waals surface area (Å²) < 4.78 is 35.5. The molecule has 10 nitrogen and oxygen atoms in total. The lowest BCUT2D eigenvalue weighted by atomic mass is 9.94. The Kier molecular flexibility index (Phi) is 9.28. The summed E-state index contributed by atoms with van der Waals surface area (Å²) in [6.07, 6.45) is -2.66. The van der Waals surface area contributed by atoms with Crippen LogP contribution in [0, 0.1) is 0 Å². The summed E-state index contributed by atoms with van der Waals surface area (Å²) in [6, 6.07) is 21.7. The van der Waals surface area contributed by atoms with E-state index < -0.39 is 42.5 Å². The fourth-order valence-corrected chi connectivity index (χ4v) is 5.13. The van der Waals surface area contributed by atoms with Gasteiger partial charge in [0.2, 0.25) is 6.29 Å². The van der Waals surface area contributed by atoms with Crippen molar-refractivity contribution in [1.29, 1.82) is 0 Å². The maximum Gasteiger partial charge on any atom is 0.293 e. The molecule has 10 heteroatoms. The smallest absolute Gasteiger partial charge is 0.293 e. The van der Waals surface area contributed by atoms with E-state index in [0.717, 1.165) is 10.5 Å². The molecule has 3 aromatic carbocycles. The Morgan fingerprint density at radius 2 is 1.52 bits per heavy atom. The Hall–Kier alpha value is -4.51. The third kappa shape index (κ3) is 6.06. The van der Waals surface area contributed by atoms with E-state index in [0.29, 0.717) is 11.5 Å². The number of carbonyl (C=O) groups excluding carboxylic acids is 3. The van der Waals surface area contributed by atoms with Gasteiger partial charge in [0.1, 0.15) is 29.7 Å². The van der Waals surface area contributed by atoms with Crippen LogP contribution in [0.5, 0.6) is 11.5 Å². The first-order valence-electron chi connectivity index (χ1n) is 13.4. The standard InChI is InChI=1S/C32H31NO9/c1-3-17-39-29-27(33-30(35)24-11-7-8-12-25(24)31(33)36)32(41-23-15-13-22(37-2)14-16-23)42-26(28(29)40-20-34)19-38-18-21-9-5-4-6-10-21/h3-16,20,26-29,32H,1,17-19H2,2H3/t26-,27-,28-,29-,32-/m1/s1. The normalized spacial score (nSPS) is 23.3. The fraction of sp³-hybridized carbons (Fsp3) is 0.281. The van der Waals surface area contributed by atoms with Crippen molar-refractivity contribution in [3.63, 3.8) is 0 Å². The van der Waals surface area contributed by atoms with Gasteiger partial charge >= 0.3 is 0 Å². The predicted octanol–water partition coefficient (Wildman–Crippen LogP) is 3.79. The molecule has 218 valence electrons. The van der Waals surface area contributed by atoms with Crippen molar-refractivity contribution in [2.24, 2.45) is 0 Å². The molecule has 0 aromatic heterocycles. The Balaban J connectivity index is 1.51. The van der Waals surface area contributed by atoms with E-state index >= 15 is 0 Å². The first-order chi connectivity index (χ1) is 20.5. The summed E-state index contributed by atoms with van der Waals surface area (Å²) in [5, 5.41) is 0. The van der Waals surface area contributed by atoms with E-state index in [9.17, 15) is 14.4 Å². The van der Waals surface area contributed by atoms with Gasteiger partial charge in [-0.25, -0.2) is 0 Å². The molecule has 0 spiro atoms. The van der Waals surface area contributed by atoms with Crippen molar-refractivity contribution >= 4 is 18.3 Å². The highest BCUT2D eigenvalue weighted by Crippen LogP contribution is 2.36. The number of carbonyl (C=O) groups is 3. The minimum atomic E-state index is -1.22. The Bertz CT molecular complexity index is 1360. The fourth-order valence-electron chi connectivity index (χ4n) is 5.13. The molecule has 2 heterocycles. The highest BCUT2D eigenvalue weighted by molar-refractivity contribution is 6.21. The maximum atomic E-state index is 13.6. The monoisotopic (exact) mass is 573 g/mol. The second-order valence-corrected chi connectivity index (χ2v) is 9.64. The molecule has 2 aliphatic rings. The van der Waals surface area contributed by atoms with Crippen LogP contribution in [0.4, 0.5) is 0 Å². The van der Waals surface area contributed by atoms with Crippen LogP contribution in [0.25, 0.3) is 0 Å². The van der Waals surface area contributed by atoms with Gasteiger partial charge in [-0.1, -0.05) is 48.5 Å². The molecule has 5 atom stereocenters. The molecule has 2 amide bonds. The Morgan fingerprint density at radius 1 is 0.881 bits per heavy atom. The Labute approximate surface area is 243 Å². The molecule has 0 bridgehead atoms. The number of fused-ring (bicyclic) bond motifs is 1. The van der Waals surface area contributed by atoms with Gasteiger partial charge in [-0.3, -0.25) is 19.3 Å². The largest absolute Gasteiger partial charge is 0.497 e. The van der Waals surface area contributed by atoms with Crippen LogP contribution < -0.4 is 9.47 Å². The highest BCUT2D eigenvalue weighted by atomic mass is 16.7. The van der Waals surface area contributed by atoms with Crippen LogP contribution in [0.2, 0.25) is 0 Å². The number of ether oxygens (including phenoxy) is 6. The molecule has 1 saturated heterocycles. The SMILES string of the molecule is C=CCO[C@H]1[C@H](OC=O)[C@@H](COCc2ccccc2)O[C@@H](Oc2ccc(OC)cc2)[C@@H]1N1C(=O)c2ccccc2C1=O. The second kappa shape index (κ2) is 13.4. The second-order valence-electron chi connectivity index (χ2n) is 9.64. The predicted molar refractivity (Wildman–Crippen MR) is 150 cm³/mol. The number of nitrogens with zero attached hydrogens (tertiary/aromatic N) is 1.